The van der Waals surface area contributed by atoms with Gasteiger partial charge in [0.05, 0.1) is 101 Å². The molecule has 14 rings (SSSR count). The van der Waals surface area contributed by atoms with Crippen molar-refractivity contribution in [2.75, 3.05) is 119 Å². The molecule has 2 aromatic rings. The first-order valence-electron chi connectivity index (χ1n) is 43.7. The zero-order valence-corrected chi connectivity index (χ0v) is 74.3. The van der Waals surface area contributed by atoms with Gasteiger partial charge in [0.1, 0.15) is 0 Å². The largest absolute Gasteiger partial charge is 1.00 e. The summed E-state index contributed by atoms with van der Waals surface area (Å²) in [4.78, 5) is 81.4. The molecule has 10 fully saturated rings. The smallest absolute Gasteiger partial charge is 0.870 e. The second-order valence-corrected chi connectivity index (χ2v) is 39.6. The van der Waals surface area contributed by atoms with Gasteiger partial charge in [-0.25, -0.2) is 9.59 Å². The molecule has 20 heteroatoms. The van der Waals surface area contributed by atoms with Crippen LogP contribution in [0.25, 0.3) is 11.1 Å². The molecule has 10 aliphatic carbocycles. The zero-order chi connectivity index (χ0) is 80.9. The Morgan fingerprint density at radius 2 is 0.922 bits per heavy atom. The van der Waals surface area contributed by atoms with Crippen molar-refractivity contribution in [1.82, 2.24) is 20.4 Å². The summed E-state index contributed by atoms with van der Waals surface area (Å²) in [7, 11) is 1.43. The maximum Gasteiger partial charge on any atom is 1.00 e. The summed E-state index contributed by atoms with van der Waals surface area (Å²) in [6.45, 7) is 48.4. The fourth-order valence-electron chi connectivity index (χ4n) is 28.6. The van der Waals surface area contributed by atoms with E-state index in [0.29, 0.717) is 86.2 Å². The molecule has 2 aromatic carbocycles. The van der Waals surface area contributed by atoms with Crippen molar-refractivity contribution in [2.45, 2.75) is 205 Å². The molecule has 2 saturated heterocycles. The van der Waals surface area contributed by atoms with E-state index in [2.05, 4.69) is 121 Å². The molecule has 12 aliphatic rings. The van der Waals surface area contributed by atoms with Gasteiger partial charge in [0.15, 0.2) is 0 Å². The van der Waals surface area contributed by atoms with E-state index in [0.717, 1.165) is 179 Å². The number of hydrogen-bond donors (Lipinski definition) is 4. The van der Waals surface area contributed by atoms with Crippen molar-refractivity contribution >= 4 is 46.8 Å². The van der Waals surface area contributed by atoms with Crippen LogP contribution in [0.3, 0.4) is 0 Å². The van der Waals surface area contributed by atoms with Crippen molar-refractivity contribution in [3.05, 3.63) is 107 Å². The Morgan fingerprint density at radius 1 is 0.513 bits per heavy atom. The molecule has 0 bridgehead atoms. The number of ether oxygens (including phenoxy) is 6. The number of aliphatic carboxylic acids is 1. The number of rotatable bonds is 25. The van der Waals surface area contributed by atoms with Crippen LogP contribution < -0.4 is 40.2 Å². The number of benzene rings is 2. The van der Waals surface area contributed by atoms with Gasteiger partial charge < -0.3 is 54.7 Å². The number of allylic oxidation sites excluding steroid dienone is 4. The van der Waals surface area contributed by atoms with Gasteiger partial charge in [-0.3, -0.25) is 29.0 Å². The van der Waals surface area contributed by atoms with Crippen molar-refractivity contribution in [1.29, 1.82) is 0 Å². The summed E-state index contributed by atoms with van der Waals surface area (Å²) in [5, 5.41) is 25.3. The summed E-state index contributed by atoms with van der Waals surface area (Å²) in [5.41, 5.74) is 7.73. The second-order valence-electron chi connectivity index (χ2n) is 39.6. The van der Waals surface area contributed by atoms with Crippen LogP contribution in [-0.4, -0.2) is 180 Å². The molecule has 2 amide bonds. The monoisotopic (exact) mass is 1600 g/mol. The van der Waals surface area contributed by atoms with E-state index in [4.69, 9.17) is 35.0 Å². The normalized spacial score (nSPS) is 36.7. The average Bonchev–Trinajstić information content (AvgIpc) is 1.65. The number of amides is 2. The maximum absolute atomic E-state index is 14.6. The van der Waals surface area contributed by atoms with E-state index in [1.54, 1.807) is 12.1 Å². The number of carbonyl (C=O) groups excluding carboxylic acids is 4. The topological polar surface area (TPSA) is 259 Å². The minimum Gasteiger partial charge on any atom is -0.870 e. The number of morpholine rings is 2. The van der Waals surface area contributed by atoms with E-state index in [9.17, 15) is 39.0 Å². The van der Waals surface area contributed by atoms with Gasteiger partial charge in [-0.05, 0) is 283 Å². The van der Waals surface area contributed by atoms with Crippen LogP contribution >= 0.6 is 0 Å². The SMILES string of the molecule is C=C(COCCN1CCOCC1)[C@@H]1CC[C@]2(C(=O)NCCC(=O)O)CC[C@]3(C)[C@H](CC[C@@H]4[C@@]5(C)CC=C(c6ccc(C(=O)O)cc6)C(C)(C)[C@@H]5CC[C@]43C)[C@@H]12.C=C(COCCN1CCOCC1)[C@@H]1CC[C@]2(C(=O)NCCC(=O)OCC)CC[C@]3(C)[C@H](CC[C@@H]4[C@@]5(C)CC=C(c6ccc(C(=O)OC)cc6)C(C)(C)[C@@H]5CC[C@]43C)[C@@H]12.[Na+].[OH-]. The van der Waals surface area contributed by atoms with E-state index in [1.807, 2.05) is 31.2 Å². The predicted octanol–water partition coefficient (Wildman–Crippen LogP) is 13.3. The van der Waals surface area contributed by atoms with E-state index in [-0.39, 0.29) is 145 Å². The molecule has 630 valence electrons. The van der Waals surface area contributed by atoms with Gasteiger partial charge in [0.2, 0.25) is 11.8 Å². The molecule has 0 unspecified atom stereocenters. The Bertz CT molecular complexity index is 3920. The predicted molar refractivity (Wildman–Crippen MR) is 442 cm³/mol. The minimum absolute atomic E-state index is 0. The molecule has 8 saturated carbocycles. The van der Waals surface area contributed by atoms with Gasteiger partial charge in [0.25, 0.3) is 0 Å². The number of nitrogens with one attached hydrogen (secondary N) is 2. The van der Waals surface area contributed by atoms with Crippen molar-refractivity contribution < 1.29 is 102 Å². The molecule has 115 heavy (non-hydrogen) atoms. The Kier molecular flexibility index (Phi) is 28.3. The Balaban J connectivity index is 0.000000223. The summed E-state index contributed by atoms with van der Waals surface area (Å²) in [6.07, 6.45) is 23.7. The number of fused-ring (bicyclic) bond motifs is 14. The van der Waals surface area contributed by atoms with E-state index in [1.165, 1.54) is 43.1 Å². The first-order valence-corrected chi connectivity index (χ1v) is 43.7. The molecule has 0 spiro atoms. The van der Waals surface area contributed by atoms with Gasteiger partial charge in [-0.15, -0.1) is 0 Å². The Morgan fingerprint density at radius 3 is 1.31 bits per heavy atom. The van der Waals surface area contributed by atoms with Gasteiger partial charge >= 0.3 is 53.4 Å². The number of carboxylic acid groups (broad SMARTS) is 2. The molecule has 5 N–H and O–H groups in total. The van der Waals surface area contributed by atoms with Crippen molar-refractivity contribution in [2.24, 2.45) is 113 Å². The zero-order valence-electron chi connectivity index (χ0n) is 72.3. The van der Waals surface area contributed by atoms with Crippen LogP contribution in [0, 0.1) is 113 Å². The summed E-state index contributed by atoms with van der Waals surface area (Å²) < 4.78 is 33.9. The van der Waals surface area contributed by atoms with Crippen LogP contribution in [0.2, 0.25) is 0 Å². The fraction of sp³-hybridized carbons (Fsp3) is 0.726. The third kappa shape index (κ3) is 16.4. The molecular formula is C95H139N4NaO15. The number of esters is 2. The van der Waals surface area contributed by atoms with Gasteiger partial charge in [-0.1, -0.05) is 119 Å². The Labute approximate surface area is 709 Å². The summed E-state index contributed by atoms with van der Waals surface area (Å²) in [6, 6.07) is 15.5. The van der Waals surface area contributed by atoms with Crippen LogP contribution in [0.15, 0.2) is 85.0 Å². The molecule has 0 aromatic heterocycles. The molecule has 18 atom stereocenters. The van der Waals surface area contributed by atoms with Crippen molar-refractivity contribution in [3.8, 4) is 0 Å². The maximum atomic E-state index is 14.6. The standard InChI is InChI=1S/C49H72N2O7.C46H66N2O7.Na.H2O/c1-9-58-41(52)19-25-50-44(54)49-22-16-36(33(2)32-57-31-28-51-26-29-56-30-27-51)42(49)38-14-15-40-46(5)20-17-37(34-10-12-35(13-11-34)43(53)55-8)45(3,4)39(46)18-21-48(40,7)47(38,6)23-24-49;1-30(29-55-28-25-48-23-26-54-27-24-48)33-13-19-46(41(53)47-22-16-38(49)50)21-20-44(5)35(39(33)46)11-12-37-43(4)17-14-34(31-7-9-32(10-8-31)40(51)52)42(2,3)36(43)15-18-45(37,44)6;;/h10-13,17,36,38-40,42H,2,9,14-16,18-32H2,1,3-8H3,(H,50,54);7-10,14,33,35-37,39H,1,11-13,15-29H2,2-6H3,(H,47,53)(H,49,50)(H,51,52);;1H2/q;;+1;/p-1/t36-,38+,39-,40+,42+,46-,47+,48+,49-;33-,35+,36-,37+,39+,43-,44+,45+,46-;;/m00../s1. The second kappa shape index (κ2) is 35.9. The molecule has 2 aliphatic heterocycles. The van der Waals surface area contributed by atoms with E-state index >= 15 is 0 Å². The number of nitrogens with zero attached hydrogens (tertiary/aromatic N) is 2. The van der Waals surface area contributed by atoms with Crippen LogP contribution in [0.5, 0.6) is 0 Å². The van der Waals surface area contributed by atoms with Gasteiger partial charge in [-0.2, -0.15) is 0 Å². The molecule has 19 nitrogen and oxygen atoms in total. The van der Waals surface area contributed by atoms with Crippen LogP contribution in [0.1, 0.15) is 236 Å². The number of aromatic carboxylic acids is 1. The minimum atomic E-state index is -0.897. The van der Waals surface area contributed by atoms with E-state index < -0.39 is 22.8 Å². The summed E-state index contributed by atoms with van der Waals surface area (Å²) in [5.74, 6) is 1.46. The molecule has 0 radical (unpaired) electrons. The van der Waals surface area contributed by atoms with Crippen LogP contribution in [-0.2, 0) is 47.6 Å². The third-order valence-electron chi connectivity index (χ3n) is 34.5. The molecule has 2 heterocycles. The fourth-order valence-corrected chi connectivity index (χ4v) is 28.6. The quantitative estimate of drug-likeness (QED) is 0.0312. The first kappa shape index (κ1) is 90.7. The number of methoxy groups -OCH3 is 1. The number of carbonyl (C=O) groups is 6. The number of carboxylic acids is 2. The molecular weight excluding hydrogens is 1460 g/mol. The summed E-state index contributed by atoms with van der Waals surface area (Å²) >= 11 is 0. The number of hydrogen-bond acceptors (Lipinski definition) is 15. The average molecular weight is 1600 g/mol. The van der Waals surface area contributed by atoms with Crippen molar-refractivity contribution in [3.63, 3.8) is 0 Å². The van der Waals surface area contributed by atoms with Gasteiger partial charge in [0, 0.05) is 52.4 Å². The third-order valence-corrected chi connectivity index (χ3v) is 34.5. The van der Waals surface area contributed by atoms with Crippen LogP contribution in [0.4, 0.5) is 0 Å². The Hall–Kier alpha value is -5.06. The first-order chi connectivity index (χ1) is 53.7.